The van der Waals surface area contributed by atoms with Crippen LogP contribution in [-0.4, -0.2) is 29.5 Å². The van der Waals surface area contributed by atoms with Crippen LogP contribution in [0.1, 0.15) is 31.4 Å². The quantitative estimate of drug-likeness (QED) is 0.829. The fourth-order valence-corrected chi connectivity index (χ4v) is 2.27. The molecule has 1 N–H and O–H groups in total. The number of nitrogens with one attached hydrogen (secondary N) is 1. The molecule has 1 heterocycles. The number of hydrogen-bond donors (Lipinski definition) is 1. The van der Waals surface area contributed by atoms with Gasteiger partial charge in [-0.15, -0.1) is 0 Å². The molecule has 4 nitrogen and oxygen atoms in total. The first-order chi connectivity index (χ1) is 7.79. The van der Waals surface area contributed by atoms with Crippen LogP contribution in [0, 0.1) is 0 Å². The van der Waals surface area contributed by atoms with Gasteiger partial charge in [0.25, 0.3) is 0 Å². The van der Waals surface area contributed by atoms with Gasteiger partial charge < -0.3 is 10.1 Å². The van der Waals surface area contributed by atoms with Gasteiger partial charge in [-0.3, -0.25) is 4.68 Å². The molecule has 0 unspecified atom stereocenters. The lowest BCUT2D eigenvalue weighted by Crippen LogP contribution is -2.16. The lowest BCUT2D eigenvalue weighted by atomic mass is 10.2. The van der Waals surface area contributed by atoms with Crippen LogP contribution in [0.15, 0.2) is 6.07 Å². The molecule has 1 aliphatic rings. The zero-order chi connectivity index (χ0) is 11.4. The Labute approximate surface area is 97.0 Å². The number of ether oxygens (including phenoxy) is 1. The minimum atomic E-state index is 0.644. The smallest absolute Gasteiger partial charge is 0.124 e. The van der Waals surface area contributed by atoms with E-state index in [4.69, 9.17) is 4.74 Å². The minimum Gasteiger partial charge on any atom is -0.384 e. The standard InChI is InChI=1S/C12H21N3O/c1-15-12(13-10-5-3-4-6-10)9-11(14-15)7-8-16-2/h9-10,13H,3-8H2,1-2H3. The number of aromatic nitrogens is 2. The molecule has 0 atom stereocenters. The molecule has 16 heavy (non-hydrogen) atoms. The van der Waals surface area contributed by atoms with Gasteiger partial charge in [0, 0.05) is 32.7 Å². The number of hydrogen-bond acceptors (Lipinski definition) is 3. The minimum absolute atomic E-state index is 0.644. The van der Waals surface area contributed by atoms with Crippen molar-refractivity contribution in [1.29, 1.82) is 0 Å². The van der Waals surface area contributed by atoms with Gasteiger partial charge in [-0.05, 0) is 12.8 Å². The highest BCUT2D eigenvalue weighted by atomic mass is 16.5. The number of rotatable bonds is 5. The summed E-state index contributed by atoms with van der Waals surface area (Å²) in [5.74, 6) is 1.14. The molecule has 0 saturated heterocycles. The summed E-state index contributed by atoms with van der Waals surface area (Å²) in [5, 5.41) is 8.03. The van der Waals surface area contributed by atoms with E-state index in [0.717, 1.165) is 24.5 Å². The summed E-state index contributed by atoms with van der Waals surface area (Å²) in [4.78, 5) is 0. The second-order valence-corrected chi connectivity index (χ2v) is 4.51. The van der Waals surface area contributed by atoms with Crippen molar-refractivity contribution in [3.8, 4) is 0 Å². The summed E-state index contributed by atoms with van der Waals surface area (Å²) >= 11 is 0. The van der Waals surface area contributed by atoms with Gasteiger partial charge in [-0.1, -0.05) is 12.8 Å². The predicted molar refractivity (Wildman–Crippen MR) is 64.7 cm³/mol. The van der Waals surface area contributed by atoms with Crippen molar-refractivity contribution in [2.75, 3.05) is 19.0 Å². The van der Waals surface area contributed by atoms with Gasteiger partial charge in [0.05, 0.1) is 12.3 Å². The maximum atomic E-state index is 5.06. The van der Waals surface area contributed by atoms with Gasteiger partial charge in [-0.2, -0.15) is 5.10 Å². The summed E-state index contributed by atoms with van der Waals surface area (Å²) in [5.41, 5.74) is 1.10. The second-order valence-electron chi connectivity index (χ2n) is 4.51. The van der Waals surface area contributed by atoms with E-state index in [-0.39, 0.29) is 0 Å². The molecule has 0 aliphatic heterocycles. The van der Waals surface area contributed by atoms with E-state index in [1.165, 1.54) is 25.7 Å². The zero-order valence-corrected chi connectivity index (χ0v) is 10.2. The van der Waals surface area contributed by atoms with Gasteiger partial charge in [0.1, 0.15) is 5.82 Å². The van der Waals surface area contributed by atoms with E-state index < -0.39 is 0 Å². The van der Waals surface area contributed by atoms with Crippen molar-refractivity contribution in [3.05, 3.63) is 11.8 Å². The number of methoxy groups -OCH3 is 1. The molecule has 1 saturated carbocycles. The van der Waals surface area contributed by atoms with Crippen molar-refractivity contribution in [2.24, 2.45) is 7.05 Å². The molecule has 1 aromatic rings. The molecule has 90 valence electrons. The Balaban J connectivity index is 1.94. The number of nitrogens with zero attached hydrogens (tertiary/aromatic N) is 2. The van der Waals surface area contributed by atoms with Crippen LogP contribution in [-0.2, 0) is 18.2 Å². The summed E-state index contributed by atoms with van der Waals surface area (Å²) < 4.78 is 6.99. The Morgan fingerprint density at radius 3 is 2.94 bits per heavy atom. The van der Waals surface area contributed by atoms with E-state index in [1.807, 2.05) is 11.7 Å². The van der Waals surface area contributed by atoms with Crippen LogP contribution in [0.25, 0.3) is 0 Å². The third-order valence-electron chi connectivity index (χ3n) is 3.20. The fraction of sp³-hybridized carbons (Fsp3) is 0.750. The van der Waals surface area contributed by atoms with E-state index in [1.54, 1.807) is 7.11 Å². The molecule has 4 heteroatoms. The molecule has 0 bridgehead atoms. The molecule has 0 radical (unpaired) electrons. The number of aryl methyl sites for hydroxylation is 1. The van der Waals surface area contributed by atoms with E-state index in [0.29, 0.717) is 6.04 Å². The highest BCUT2D eigenvalue weighted by Crippen LogP contribution is 2.22. The summed E-state index contributed by atoms with van der Waals surface area (Å²) in [7, 11) is 3.72. The maximum Gasteiger partial charge on any atom is 0.124 e. The average Bonchev–Trinajstić information content (AvgIpc) is 2.87. The Morgan fingerprint density at radius 2 is 2.25 bits per heavy atom. The van der Waals surface area contributed by atoms with E-state index in [2.05, 4.69) is 16.5 Å². The molecule has 0 amide bonds. The third-order valence-corrected chi connectivity index (χ3v) is 3.20. The second kappa shape index (κ2) is 5.34. The Hall–Kier alpha value is -1.03. The summed E-state index contributed by atoms with van der Waals surface area (Å²) in [6, 6.07) is 2.78. The van der Waals surface area contributed by atoms with Crippen LogP contribution >= 0.6 is 0 Å². The van der Waals surface area contributed by atoms with Crippen molar-refractivity contribution in [2.45, 2.75) is 38.1 Å². The van der Waals surface area contributed by atoms with Crippen LogP contribution < -0.4 is 5.32 Å². The van der Waals surface area contributed by atoms with Crippen LogP contribution in [0.4, 0.5) is 5.82 Å². The van der Waals surface area contributed by atoms with Gasteiger partial charge in [-0.25, -0.2) is 0 Å². The third kappa shape index (κ3) is 2.76. The van der Waals surface area contributed by atoms with Crippen LogP contribution in [0.3, 0.4) is 0 Å². The predicted octanol–water partition coefficient (Wildman–Crippen LogP) is 1.96. The molecule has 1 fully saturated rings. The van der Waals surface area contributed by atoms with Crippen molar-refractivity contribution < 1.29 is 4.74 Å². The van der Waals surface area contributed by atoms with Gasteiger partial charge >= 0.3 is 0 Å². The fourth-order valence-electron chi connectivity index (χ4n) is 2.27. The molecular weight excluding hydrogens is 202 g/mol. The van der Waals surface area contributed by atoms with Crippen LogP contribution in [0.2, 0.25) is 0 Å². The largest absolute Gasteiger partial charge is 0.384 e. The zero-order valence-electron chi connectivity index (χ0n) is 10.2. The van der Waals surface area contributed by atoms with Crippen molar-refractivity contribution in [3.63, 3.8) is 0 Å². The molecule has 0 spiro atoms. The van der Waals surface area contributed by atoms with Gasteiger partial charge in [0.2, 0.25) is 0 Å². The van der Waals surface area contributed by atoms with Crippen molar-refractivity contribution >= 4 is 5.82 Å². The Bertz CT molecular complexity index is 329. The first-order valence-electron chi connectivity index (χ1n) is 6.08. The normalized spacial score (nSPS) is 16.9. The molecule has 1 aliphatic carbocycles. The van der Waals surface area contributed by atoms with Gasteiger partial charge in [0.15, 0.2) is 0 Å². The lowest BCUT2D eigenvalue weighted by molar-refractivity contribution is 0.201. The van der Waals surface area contributed by atoms with E-state index in [9.17, 15) is 0 Å². The SMILES string of the molecule is COCCc1cc(NC2CCCC2)n(C)n1. The molecule has 0 aromatic carbocycles. The molecule has 1 aromatic heterocycles. The summed E-state index contributed by atoms with van der Waals surface area (Å²) in [6.45, 7) is 0.736. The average molecular weight is 223 g/mol. The maximum absolute atomic E-state index is 5.06. The molecule has 2 rings (SSSR count). The topological polar surface area (TPSA) is 39.1 Å². The van der Waals surface area contributed by atoms with Crippen LogP contribution in [0.5, 0.6) is 0 Å². The number of anilines is 1. The first kappa shape index (κ1) is 11.5. The molecular formula is C12H21N3O. The highest BCUT2D eigenvalue weighted by Gasteiger charge is 2.16. The lowest BCUT2D eigenvalue weighted by Gasteiger charge is -2.12. The highest BCUT2D eigenvalue weighted by molar-refractivity contribution is 5.38. The monoisotopic (exact) mass is 223 g/mol. The summed E-state index contributed by atoms with van der Waals surface area (Å²) in [6.07, 6.45) is 6.17. The van der Waals surface area contributed by atoms with E-state index >= 15 is 0 Å². The Kier molecular flexibility index (Phi) is 3.83. The van der Waals surface area contributed by atoms with Crippen molar-refractivity contribution in [1.82, 2.24) is 9.78 Å². The first-order valence-corrected chi connectivity index (χ1v) is 6.08. The Morgan fingerprint density at radius 1 is 1.50 bits per heavy atom.